The maximum Gasteiger partial charge on any atom is 0.0373 e. The zero-order chi connectivity index (χ0) is 12.8. The van der Waals surface area contributed by atoms with E-state index >= 15 is 0 Å². The van der Waals surface area contributed by atoms with Gasteiger partial charge < -0.3 is 5.32 Å². The summed E-state index contributed by atoms with van der Waals surface area (Å²) < 4.78 is 1.18. The number of hydrogen-bond acceptors (Lipinski definition) is 1. The molecule has 0 heterocycles. The van der Waals surface area contributed by atoms with Crippen molar-refractivity contribution in [1.29, 1.82) is 0 Å². The number of anilines is 1. The molecular weight excluding hydrogens is 286 g/mol. The number of rotatable bonds is 5. The molecule has 0 radical (unpaired) electrons. The van der Waals surface area contributed by atoms with Gasteiger partial charge in [-0.05, 0) is 42.5 Å². The van der Waals surface area contributed by atoms with Gasteiger partial charge in [0.1, 0.15) is 0 Å². The molecule has 2 heteroatoms. The summed E-state index contributed by atoms with van der Waals surface area (Å²) in [5.41, 5.74) is 2.73. The molecule has 1 aliphatic carbocycles. The molecule has 100 valence electrons. The molecule has 1 nitrogen and oxygen atoms in total. The molecule has 0 amide bonds. The number of halogens is 1. The Bertz CT molecular complexity index is 369. The Morgan fingerprint density at radius 2 is 2.00 bits per heavy atom. The molecule has 1 aromatic rings. The molecule has 18 heavy (non-hydrogen) atoms. The normalized spacial score (nSPS) is 16.8. The van der Waals surface area contributed by atoms with Crippen LogP contribution in [0.4, 0.5) is 5.69 Å². The van der Waals surface area contributed by atoms with Crippen LogP contribution in [0.1, 0.15) is 51.0 Å². The quantitative estimate of drug-likeness (QED) is 0.768. The van der Waals surface area contributed by atoms with Crippen LogP contribution in [0.3, 0.4) is 0 Å². The van der Waals surface area contributed by atoms with Crippen LogP contribution in [-0.4, -0.2) is 6.54 Å². The van der Waals surface area contributed by atoms with Gasteiger partial charge in [0.2, 0.25) is 0 Å². The lowest BCUT2D eigenvalue weighted by molar-refractivity contribution is 0.345. The van der Waals surface area contributed by atoms with Crippen molar-refractivity contribution in [2.75, 3.05) is 11.9 Å². The fourth-order valence-corrected chi connectivity index (χ4v) is 3.32. The van der Waals surface area contributed by atoms with Gasteiger partial charge in [-0.1, -0.05) is 55.0 Å². The van der Waals surface area contributed by atoms with Gasteiger partial charge >= 0.3 is 0 Å². The van der Waals surface area contributed by atoms with E-state index in [0.717, 1.165) is 18.9 Å². The summed E-state index contributed by atoms with van der Waals surface area (Å²) in [6, 6.07) is 6.55. The highest BCUT2D eigenvalue weighted by Gasteiger charge is 2.12. The smallest absolute Gasteiger partial charge is 0.0373 e. The molecule has 0 saturated heterocycles. The van der Waals surface area contributed by atoms with Crippen LogP contribution < -0.4 is 5.32 Å². The van der Waals surface area contributed by atoms with E-state index in [-0.39, 0.29) is 0 Å². The topological polar surface area (TPSA) is 12.0 Å². The van der Waals surface area contributed by atoms with Gasteiger partial charge in [-0.25, -0.2) is 0 Å². The highest BCUT2D eigenvalue weighted by molar-refractivity contribution is 9.10. The van der Waals surface area contributed by atoms with E-state index in [2.05, 4.69) is 46.4 Å². The fourth-order valence-electron chi connectivity index (χ4n) is 2.91. The molecule has 1 saturated carbocycles. The van der Waals surface area contributed by atoms with E-state index in [9.17, 15) is 0 Å². The summed E-state index contributed by atoms with van der Waals surface area (Å²) >= 11 is 3.54. The standard InChI is InChI=1S/C16H24BrN/c1-2-14-12-15(17)8-9-16(14)18-11-10-13-6-4-3-5-7-13/h8-9,12-13,18H,2-7,10-11H2,1H3. The maximum atomic E-state index is 3.62. The minimum atomic E-state index is 0.965. The summed E-state index contributed by atoms with van der Waals surface area (Å²) in [5.74, 6) is 0.965. The van der Waals surface area contributed by atoms with Crippen LogP contribution >= 0.6 is 15.9 Å². The summed E-state index contributed by atoms with van der Waals surface area (Å²) in [4.78, 5) is 0. The van der Waals surface area contributed by atoms with Crippen molar-refractivity contribution in [3.8, 4) is 0 Å². The predicted molar refractivity (Wildman–Crippen MR) is 83.2 cm³/mol. The van der Waals surface area contributed by atoms with Crippen molar-refractivity contribution >= 4 is 21.6 Å². The van der Waals surface area contributed by atoms with Crippen molar-refractivity contribution in [3.63, 3.8) is 0 Å². The van der Waals surface area contributed by atoms with Crippen molar-refractivity contribution < 1.29 is 0 Å². The van der Waals surface area contributed by atoms with E-state index in [0.29, 0.717) is 0 Å². The van der Waals surface area contributed by atoms with Crippen LogP contribution in [0.25, 0.3) is 0 Å². The Kier molecular flexibility index (Phi) is 5.55. The van der Waals surface area contributed by atoms with Crippen LogP contribution in [0.15, 0.2) is 22.7 Å². The summed E-state index contributed by atoms with van der Waals surface area (Å²) in [6.45, 7) is 3.34. The van der Waals surface area contributed by atoms with E-state index < -0.39 is 0 Å². The van der Waals surface area contributed by atoms with Gasteiger partial charge in [-0.3, -0.25) is 0 Å². The fraction of sp³-hybridized carbons (Fsp3) is 0.625. The summed E-state index contributed by atoms with van der Waals surface area (Å²) in [5, 5.41) is 3.62. The predicted octanol–water partition coefficient (Wildman–Crippen LogP) is 5.39. The minimum Gasteiger partial charge on any atom is -0.385 e. The second-order valence-corrected chi connectivity index (χ2v) is 6.29. The first-order chi connectivity index (χ1) is 8.79. The molecule has 1 aliphatic rings. The zero-order valence-electron chi connectivity index (χ0n) is 11.3. The molecule has 0 bridgehead atoms. The Morgan fingerprint density at radius 1 is 1.22 bits per heavy atom. The highest BCUT2D eigenvalue weighted by Crippen LogP contribution is 2.27. The maximum absolute atomic E-state index is 3.62. The van der Waals surface area contributed by atoms with E-state index in [1.165, 1.54) is 54.2 Å². The molecule has 1 fully saturated rings. The van der Waals surface area contributed by atoms with Crippen LogP contribution in [0.2, 0.25) is 0 Å². The lowest BCUT2D eigenvalue weighted by Gasteiger charge is -2.22. The molecule has 0 aromatic heterocycles. The summed E-state index contributed by atoms with van der Waals surface area (Å²) in [6.07, 6.45) is 9.67. The first kappa shape index (κ1) is 13.9. The van der Waals surface area contributed by atoms with Crippen LogP contribution in [0, 0.1) is 5.92 Å². The first-order valence-corrected chi connectivity index (χ1v) is 8.11. The third-order valence-electron chi connectivity index (χ3n) is 4.04. The van der Waals surface area contributed by atoms with Gasteiger partial charge in [-0.15, -0.1) is 0 Å². The van der Waals surface area contributed by atoms with Crippen molar-refractivity contribution in [3.05, 3.63) is 28.2 Å². The van der Waals surface area contributed by atoms with Crippen molar-refractivity contribution in [1.82, 2.24) is 0 Å². The monoisotopic (exact) mass is 309 g/mol. The minimum absolute atomic E-state index is 0.965. The van der Waals surface area contributed by atoms with Crippen molar-refractivity contribution in [2.24, 2.45) is 5.92 Å². The third kappa shape index (κ3) is 4.01. The lowest BCUT2D eigenvalue weighted by Crippen LogP contribution is -2.12. The van der Waals surface area contributed by atoms with E-state index in [4.69, 9.17) is 0 Å². The highest BCUT2D eigenvalue weighted by atomic mass is 79.9. The van der Waals surface area contributed by atoms with E-state index in [1.807, 2.05) is 0 Å². The van der Waals surface area contributed by atoms with Crippen molar-refractivity contribution in [2.45, 2.75) is 51.9 Å². The molecule has 1 aromatic carbocycles. The number of hydrogen-bond donors (Lipinski definition) is 1. The number of benzene rings is 1. The SMILES string of the molecule is CCc1cc(Br)ccc1NCCC1CCCCC1. The van der Waals surface area contributed by atoms with Crippen LogP contribution in [0.5, 0.6) is 0 Å². The van der Waals surface area contributed by atoms with Crippen LogP contribution in [-0.2, 0) is 6.42 Å². The molecule has 1 N–H and O–H groups in total. The zero-order valence-corrected chi connectivity index (χ0v) is 12.9. The third-order valence-corrected chi connectivity index (χ3v) is 4.53. The second-order valence-electron chi connectivity index (χ2n) is 5.37. The van der Waals surface area contributed by atoms with Gasteiger partial charge in [0, 0.05) is 16.7 Å². The Labute approximate surface area is 119 Å². The molecule has 0 unspecified atom stereocenters. The molecule has 0 aliphatic heterocycles. The molecule has 0 spiro atoms. The number of nitrogens with one attached hydrogen (secondary N) is 1. The van der Waals surface area contributed by atoms with Gasteiger partial charge in [0.25, 0.3) is 0 Å². The molecule has 2 rings (SSSR count). The number of aryl methyl sites for hydroxylation is 1. The van der Waals surface area contributed by atoms with Gasteiger partial charge in [0.05, 0.1) is 0 Å². The first-order valence-electron chi connectivity index (χ1n) is 7.32. The molecular formula is C16H24BrN. The van der Waals surface area contributed by atoms with Gasteiger partial charge in [0.15, 0.2) is 0 Å². The Morgan fingerprint density at radius 3 is 2.72 bits per heavy atom. The molecule has 0 atom stereocenters. The summed E-state index contributed by atoms with van der Waals surface area (Å²) in [7, 11) is 0. The average molecular weight is 310 g/mol. The average Bonchev–Trinajstić information content (AvgIpc) is 2.41. The van der Waals surface area contributed by atoms with E-state index in [1.54, 1.807) is 0 Å². The Hall–Kier alpha value is -0.500. The second kappa shape index (κ2) is 7.18. The lowest BCUT2D eigenvalue weighted by atomic mass is 9.87. The van der Waals surface area contributed by atoms with Gasteiger partial charge in [-0.2, -0.15) is 0 Å². The Balaban J connectivity index is 1.82. The largest absolute Gasteiger partial charge is 0.385 e.